The van der Waals surface area contributed by atoms with Crippen molar-refractivity contribution in [1.29, 1.82) is 0 Å². The van der Waals surface area contributed by atoms with E-state index >= 15 is 0 Å². The van der Waals surface area contributed by atoms with Crippen LogP contribution in [0.3, 0.4) is 0 Å². The standard InChI is InChI=1S/C19H23ClN4O2S/c20-15-1-3-16(4-2-15)23-7-5-22(6-8-23)13-18-21-17(14-27-18)19(25)24-9-11-26-12-10-24/h1-4,14H,5-13H2. The number of thiazole rings is 1. The molecule has 27 heavy (non-hydrogen) atoms. The molecule has 1 aromatic heterocycles. The third kappa shape index (κ3) is 4.60. The van der Waals surface area contributed by atoms with Gasteiger partial charge in [0.25, 0.3) is 5.91 Å². The Morgan fingerprint density at radius 1 is 1.07 bits per heavy atom. The molecule has 4 rings (SSSR count). The van der Waals surface area contributed by atoms with Crippen molar-refractivity contribution in [2.45, 2.75) is 6.54 Å². The molecule has 144 valence electrons. The molecule has 0 atom stereocenters. The van der Waals surface area contributed by atoms with Crippen LogP contribution in [-0.2, 0) is 11.3 Å². The van der Waals surface area contributed by atoms with E-state index in [1.165, 1.54) is 5.69 Å². The number of rotatable bonds is 4. The lowest BCUT2D eigenvalue weighted by atomic mass is 10.2. The van der Waals surface area contributed by atoms with Crippen molar-refractivity contribution in [2.75, 3.05) is 57.4 Å². The van der Waals surface area contributed by atoms with Crippen LogP contribution in [0.5, 0.6) is 0 Å². The van der Waals surface area contributed by atoms with E-state index in [1.807, 2.05) is 22.4 Å². The fourth-order valence-electron chi connectivity index (χ4n) is 3.42. The first-order valence-corrected chi connectivity index (χ1v) is 10.5. The second-order valence-corrected chi connectivity index (χ2v) is 8.15. The summed E-state index contributed by atoms with van der Waals surface area (Å²) < 4.78 is 5.31. The smallest absolute Gasteiger partial charge is 0.273 e. The molecule has 0 bridgehead atoms. The fourth-order valence-corrected chi connectivity index (χ4v) is 4.35. The van der Waals surface area contributed by atoms with Crippen LogP contribution in [0, 0.1) is 0 Å². The molecule has 2 aromatic rings. The molecule has 2 aliphatic rings. The predicted molar refractivity (Wildman–Crippen MR) is 108 cm³/mol. The van der Waals surface area contributed by atoms with Crippen molar-refractivity contribution in [3.05, 3.63) is 45.4 Å². The van der Waals surface area contributed by atoms with E-state index in [2.05, 4.69) is 26.9 Å². The third-order valence-electron chi connectivity index (χ3n) is 4.99. The summed E-state index contributed by atoms with van der Waals surface area (Å²) in [5, 5.41) is 3.66. The number of carbonyl (C=O) groups excluding carboxylic acids is 1. The molecule has 1 aromatic carbocycles. The van der Waals surface area contributed by atoms with Crippen LogP contribution in [0.1, 0.15) is 15.5 Å². The number of ether oxygens (including phenoxy) is 1. The van der Waals surface area contributed by atoms with Crippen molar-refractivity contribution < 1.29 is 9.53 Å². The summed E-state index contributed by atoms with van der Waals surface area (Å²) in [6.45, 7) is 7.25. The highest BCUT2D eigenvalue weighted by Crippen LogP contribution is 2.21. The summed E-state index contributed by atoms with van der Waals surface area (Å²) in [5.74, 6) is 0.0216. The van der Waals surface area contributed by atoms with E-state index in [0.717, 1.165) is 42.8 Å². The van der Waals surface area contributed by atoms with Gasteiger partial charge in [0.1, 0.15) is 10.7 Å². The number of aromatic nitrogens is 1. The van der Waals surface area contributed by atoms with Crippen LogP contribution in [0.2, 0.25) is 5.02 Å². The van der Waals surface area contributed by atoms with E-state index in [9.17, 15) is 4.79 Å². The van der Waals surface area contributed by atoms with Gasteiger partial charge in [0.2, 0.25) is 0 Å². The first kappa shape index (κ1) is 18.7. The highest BCUT2D eigenvalue weighted by atomic mass is 35.5. The predicted octanol–water partition coefficient (Wildman–Crippen LogP) is 2.59. The van der Waals surface area contributed by atoms with Crippen molar-refractivity contribution in [2.24, 2.45) is 0 Å². The largest absolute Gasteiger partial charge is 0.378 e. The van der Waals surface area contributed by atoms with E-state index in [-0.39, 0.29) is 5.91 Å². The van der Waals surface area contributed by atoms with Gasteiger partial charge in [0, 0.05) is 55.4 Å². The second-order valence-electron chi connectivity index (χ2n) is 6.77. The molecule has 0 saturated carbocycles. The lowest BCUT2D eigenvalue weighted by molar-refractivity contribution is 0.0299. The number of hydrogen-bond acceptors (Lipinski definition) is 6. The number of nitrogens with zero attached hydrogens (tertiary/aromatic N) is 4. The number of halogens is 1. The number of benzene rings is 1. The van der Waals surface area contributed by atoms with Crippen LogP contribution >= 0.6 is 22.9 Å². The summed E-state index contributed by atoms with van der Waals surface area (Å²) in [6, 6.07) is 8.02. The Kier molecular flexibility index (Phi) is 5.92. The Bertz CT molecular complexity index is 768. The third-order valence-corrected chi connectivity index (χ3v) is 6.08. The number of hydrogen-bond donors (Lipinski definition) is 0. The van der Waals surface area contributed by atoms with Crippen LogP contribution < -0.4 is 4.90 Å². The van der Waals surface area contributed by atoms with Gasteiger partial charge in [-0.25, -0.2) is 4.98 Å². The highest BCUT2D eigenvalue weighted by Gasteiger charge is 2.22. The van der Waals surface area contributed by atoms with Gasteiger partial charge in [-0.05, 0) is 24.3 Å². The van der Waals surface area contributed by atoms with Gasteiger partial charge in [-0.2, -0.15) is 0 Å². The van der Waals surface area contributed by atoms with Crippen molar-refractivity contribution in [3.8, 4) is 0 Å². The normalized spacial score (nSPS) is 18.7. The molecule has 0 aliphatic carbocycles. The lowest BCUT2D eigenvalue weighted by Gasteiger charge is -2.35. The van der Waals surface area contributed by atoms with Crippen LogP contribution in [0.4, 0.5) is 5.69 Å². The van der Waals surface area contributed by atoms with Crippen molar-refractivity contribution in [3.63, 3.8) is 0 Å². The molecule has 2 aliphatic heterocycles. The summed E-state index contributed by atoms with van der Waals surface area (Å²) >= 11 is 7.55. The minimum atomic E-state index is 0.0216. The van der Waals surface area contributed by atoms with Gasteiger partial charge >= 0.3 is 0 Å². The average molecular weight is 407 g/mol. The molecular formula is C19H23ClN4O2S. The first-order valence-electron chi connectivity index (χ1n) is 9.23. The molecule has 3 heterocycles. The van der Waals surface area contributed by atoms with E-state index in [4.69, 9.17) is 16.3 Å². The molecule has 2 fully saturated rings. The van der Waals surface area contributed by atoms with Gasteiger partial charge < -0.3 is 14.5 Å². The maximum atomic E-state index is 12.5. The summed E-state index contributed by atoms with van der Waals surface area (Å²) in [4.78, 5) is 23.7. The second kappa shape index (κ2) is 8.56. The Hall–Kier alpha value is -1.67. The minimum Gasteiger partial charge on any atom is -0.378 e. The van der Waals surface area contributed by atoms with Crippen LogP contribution in [0.15, 0.2) is 29.6 Å². The van der Waals surface area contributed by atoms with Crippen LogP contribution in [0.25, 0.3) is 0 Å². The number of piperazine rings is 1. The number of anilines is 1. The van der Waals surface area contributed by atoms with Crippen molar-refractivity contribution in [1.82, 2.24) is 14.8 Å². The molecule has 6 nitrogen and oxygen atoms in total. The number of morpholine rings is 1. The van der Waals surface area contributed by atoms with E-state index in [1.54, 1.807) is 11.3 Å². The Labute approximate surface area is 168 Å². The molecule has 1 amide bonds. The van der Waals surface area contributed by atoms with Crippen LogP contribution in [-0.4, -0.2) is 73.2 Å². The van der Waals surface area contributed by atoms with Gasteiger partial charge in [0.15, 0.2) is 0 Å². The minimum absolute atomic E-state index is 0.0216. The molecule has 8 heteroatoms. The highest BCUT2D eigenvalue weighted by molar-refractivity contribution is 7.09. The zero-order valence-electron chi connectivity index (χ0n) is 15.1. The molecule has 0 N–H and O–H groups in total. The Morgan fingerprint density at radius 3 is 2.48 bits per heavy atom. The molecule has 0 unspecified atom stereocenters. The quantitative estimate of drug-likeness (QED) is 0.781. The maximum Gasteiger partial charge on any atom is 0.273 e. The van der Waals surface area contributed by atoms with Gasteiger partial charge in [-0.3, -0.25) is 9.69 Å². The van der Waals surface area contributed by atoms with Gasteiger partial charge in [0.05, 0.1) is 19.8 Å². The molecule has 2 saturated heterocycles. The molecule has 0 spiro atoms. The van der Waals surface area contributed by atoms with Gasteiger partial charge in [-0.1, -0.05) is 11.6 Å². The molecule has 0 radical (unpaired) electrons. The number of carbonyl (C=O) groups is 1. The first-order chi connectivity index (χ1) is 13.2. The average Bonchev–Trinajstić information content (AvgIpc) is 3.18. The van der Waals surface area contributed by atoms with E-state index in [0.29, 0.717) is 32.0 Å². The topological polar surface area (TPSA) is 48.9 Å². The van der Waals surface area contributed by atoms with E-state index < -0.39 is 0 Å². The Morgan fingerprint density at radius 2 is 1.78 bits per heavy atom. The zero-order chi connectivity index (χ0) is 18.6. The fraction of sp³-hybridized carbons (Fsp3) is 0.474. The monoisotopic (exact) mass is 406 g/mol. The summed E-state index contributed by atoms with van der Waals surface area (Å²) in [6.07, 6.45) is 0. The Balaban J connectivity index is 1.30. The van der Waals surface area contributed by atoms with Gasteiger partial charge in [-0.15, -0.1) is 11.3 Å². The zero-order valence-corrected chi connectivity index (χ0v) is 16.7. The lowest BCUT2D eigenvalue weighted by Crippen LogP contribution is -2.46. The maximum absolute atomic E-state index is 12.5. The number of amides is 1. The summed E-state index contributed by atoms with van der Waals surface area (Å²) in [7, 11) is 0. The SMILES string of the molecule is O=C(c1csc(CN2CCN(c3ccc(Cl)cc3)CC2)n1)N1CCOCC1. The molecular weight excluding hydrogens is 384 g/mol. The summed E-state index contributed by atoms with van der Waals surface area (Å²) in [5.41, 5.74) is 1.78. The van der Waals surface area contributed by atoms with Crippen molar-refractivity contribution >= 4 is 34.5 Å².